The van der Waals surface area contributed by atoms with Gasteiger partial charge in [0.2, 0.25) is 0 Å². The van der Waals surface area contributed by atoms with Crippen LogP contribution in [0, 0.1) is 6.92 Å². The Kier molecular flexibility index (Phi) is 3.71. The van der Waals surface area contributed by atoms with Crippen molar-refractivity contribution in [2.75, 3.05) is 5.32 Å². The molecule has 0 unspecified atom stereocenters. The molecule has 0 amide bonds. The minimum atomic E-state index is -0.956. The van der Waals surface area contributed by atoms with E-state index in [4.69, 9.17) is 5.11 Å². The van der Waals surface area contributed by atoms with Gasteiger partial charge in [0.25, 0.3) is 0 Å². The molecule has 4 nitrogen and oxygen atoms in total. The zero-order valence-electron chi connectivity index (χ0n) is 10.6. The zero-order chi connectivity index (χ0) is 13.8. The highest BCUT2D eigenvalue weighted by atomic mass is 16.4. The Morgan fingerprint density at radius 1 is 1.21 bits per heavy atom. The molecule has 0 aliphatic carbocycles. The van der Waals surface area contributed by atoms with E-state index in [1.54, 1.807) is 18.2 Å². The molecule has 0 fully saturated rings. The van der Waals surface area contributed by atoms with Crippen molar-refractivity contribution in [1.29, 1.82) is 0 Å². The lowest BCUT2D eigenvalue weighted by atomic mass is 10.1. The molecule has 0 atom stereocenters. The first-order valence-electron chi connectivity index (χ1n) is 5.92. The number of para-hydroxylation sites is 1. The molecule has 0 saturated carbocycles. The zero-order valence-corrected chi connectivity index (χ0v) is 10.6. The van der Waals surface area contributed by atoms with Crippen LogP contribution >= 0.6 is 0 Å². The molecule has 0 aliphatic heterocycles. The van der Waals surface area contributed by atoms with Gasteiger partial charge in [-0.05, 0) is 30.7 Å². The van der Waals surface area contributed by atoms with E-state index in [0.29, 0.717) is 12.2 Å². The minimum absolute atomic E-state index is 0.235. The van der Waals surface area contributed by atoms with Crippen LogP contribution in [0.5, 0.6) is 5.75 Å². The lowest BCUT2D eigenvalue weighted by molar-refractivity contribution is 0.0697. The number of aromatic carboxylic acids is 1. The smallest absolute Gasteiger partial charge is 0.335 e. The fourth-order valence-corrected chi connectivity index (χ4v) is 1.82. The Bertz CT molecular complexity index is 608. The van der Waals surface area contributed by atoms with Crippen LogP contribution in [0.1, 0.15) is 21.5 Å². The van der Waals surface area contributed by atoms with Gasteiger partial charge in [0, 0.05) is 17.8 Å². The minimum Gasteiger partial charge on any atom is -0.507 e. The summed E-state index contributed by atoms with van der Waals surface area (Å²) in [6.07, 6.45) is 0. The van der Waals surface area contributed by atoms with Crippen molar-refractivity contribution in [2.24, 2.45) is 0 Å². The summed E-state index contributed by atoms with van der Waals surface area (Å²) < 4.78 is 0. The molecular formula is C15H15NO3. The summed E-state index contributed by atoms with van der Waals surface area (Å²) in [6, 6.07) is 12.1. The quantitative estimate of drug-likeness (QED) is 0.787. The monoisotopic (exact) mass is 257 g/mol. The molecule has 0 bridgehead atoms. The van der Waals surface area contributed by atoms with Gasteiger partial charge >= 0.3 is 5.97 Å². The molecule has 0 aromatic heterocycles. The van der Waals surface area contributed by atoms with E-state index in [-0.39, 0.29) is 11.3 Å². The number of phenolic OH excluding ortho intramolecular Hbond substituents is 1. The number of rotatable bonds is 4. The van der Waals surface area contributed by atoms with Crippen LogP contribution < -0.4 is 5.32 Å². The van der Waals surface area contributed by atoms with Gasteiger partial charge in [0.15, 0.2) is 0 Å². The summed E-state index contributed by atoms with van der Waals surface area (Å²) in [7, 11) is 0. The Morgan fingerprint density at radius 3 is 2.68 bits per heavy atom. The van der Waals surface area contributed by atoms with E-state index >= 15 is 0 Å². The topological polar surface area (TPSA) is 69.6 Å². The van der Waals surface area contributed by atoms with E-state index in [9.17, 15) is 9.90 Å². The maximum atomic E-state index is 10.9. The number of anilines is 1. The second-order valence-corrected chi connectivity index (χ2v) is 4.32. The standard InChI is InChI=1S/C15H15NO3/c1-10-4-2-6-12(14(10)17)9-16-13-7-3-5-11(8-13)15(18)19/h2-8,16-17H,9H2,1H3,(H,18,19). The largest absolute Gasteiger partial charge is 0.507 e. The van der Waals surface area contributed by atoms with Gasteiger partial charge < -0.3 is 15.5 Å². The summed E-state index contributed by atoms with van der Waals surface area (Å²) in [5, 5.41) is 21.9. The van der Waals surface area contributed by atoms with Crippen LogP contribution in [-0.4, -0.2) is 16.2 Å². The second kappa shape index (κ2) is 5.44. The summed E-state index contributed by atoms with van der Waals surface area (Å²) in [5.74, 6) is -0.688. The third kappa shape index (κ3) is 3.04. The van der Waals surface area contributed by atoms with Crippen molar-refractivity contribution in [1.82, 2.24) is 0 Å². The highest BCUT2D eigenvalue weighted by Crippen LogP contribution is 2.22. The van der Waals surface area contributed by atoms with Gasteiger partial charge in [0.05, 0.1) is 5.56 Å². The summed E-state index contributed by atoms with van der Waals surface area (Å²) in [5.41, 5.74) is 2.54. The number of aromatic hydroxyl groups is 1. The van der Waals surface area contributed by atoms with Crippen molar-refractivity contribution in [3.8, 4) is 5.75 Å². The first-order chi connectivity index (χ1) is 9.08. The van der Waals surface area contributed by atoms with Crippen molar-refractivity contribution in [3.05, 3.63) is 59.2 Å². The number of carboxylic acids is 1. The molecule has 2 aromatic rings. The van der Waals surface area contributed by atoms with Gasteiger partial charge in [0.1, 0.15) is 5.75 Å². The molecule has 0 aliphatic rings. The second-order valence-electron chi connectivity index (χ2n) is 4.32. The summed E-state index contributed by atoms with van der Waals surface area (Å²) >= 11 is 0. The summed E-state index contributed by atoms with van der Waals surface area (Å²) in [4.78, 5) is 10.9. The number of nitrogens with one attached hydrogen (secondary N) is 1. The van der Waals surface area contributed by atoms with E-state index in [1.165, 1.54) is 6.07 Å². The highest BCUT2D eigenvalue weighted by molar-refractivity contribution is 5.88. The molecule has 2 aromatic carbocycles. The van der Waals surface area contributed by atoms with E-state index in [0.717, 1.165) is 11.1 Å². The van der Waals surface area contributed by atoms with Gasteiger partial charge in [-0.1, -0.05) is 24.3 Å². The van der Waals surface area contributed by atoms with E-state index < -0.39 is 5.97 Å². The van der Waals surface area contributed by atoms with E-state index in [2.05, 4.69) is 5.32 Å². The lowest BCUT2D eigenvalue weighted by Gasteiger charge is -2.10. The average Bonchev–Trinajstić information content (AvgIpc) is 2.41. The SMILES string of the molecule is Cc1cccc(CNc2cccc(C(=O)O)c2)c1O. The molecule has 0 spiro atoms. The number of aryl methyl sites for hydroxylation is 1. The van der Waals surface area contributed by atoms with Gasteiger partial charge in [-0.15, -0.1) is 0 Å². The predicted octanol–water partition coefficient (Wildman–Crippen LogP) is 3.01. The van der Waals surface area contributed by atoms with Crippen molar-refractivity contribution < 1.29 is 15.0 Å². The molecule has 3 N–H and O–H groups in total. The maximum absolute atomic E-state index is 10.9. The number of benzene rings is 2. The predicted molar refractivity (Wildman–Crippen MR) is 73.6 cm³/mol. The van der Waals surface area contributed by atoms with Crippen molar-refractivity contribution in [2.45, 2.75) is 13.5 Å². The van der Waals surface area contributed by atoms with Crippen LogP contribution in [-0.2, 0) is 6.54 Å². The number of hydrogen-bond acceptors (Lipinski definition) is 3. The van der Waals surface area contributed by atoms with Crippen molar-refractivity contribution in [3.63, 3.8) is 0 Å². The van der Waals surface area contributed by atoms with E-state index in [1.807, 2.05) is 25.1 Å². The van der Waals surface area contributed by atoms with Crippen molar-refractivity contribution >= 4 is 11.7 Å². The number of phenols is 1. The Morgan fingerprint density at radius 2 is 1.95 bits per heavy atom. The molecule has 2 rings (SSSR count). The third-order valence-electron chi connectivity index (χ3n) is 2.91. The fraction of sp³-hybridized carbons (Fsp3) is 0.133. The van der Waals surface area contributed by atoms with Gasteiger partial charge in [-0.25, -0.2) is 4.79 Å². The van der Waals surface area contributed by atoms with Crippen LogP contribution in [0.4, 0.5) is 5.69 Å². The van der Waals surface area contributed by atoms with Crippen LogP contribution in [0.2, 0.25) is 0 Å². The fourth-order valence-electron chi connectivity index (χ4n) is 1.82. The van der Waals surface area contributed by atoms with Crippen LogP contribution in [0.25, 0.3) is 0 Å². The normalized spacial score (nSPS) is 10.2. The first kappa shape index (κ1) is 13.0. The molecular weight excluding hydrogens is 242 g/mol. The van der Waals surface area contributed by atoms with Crippen LogP contribution in [0.3, 0.4) is 0 Å². The number of carboxylic acid groups (broad SMARTS) is 1. The molecule has 4 heteroatoms. The lowest BCUT2D eigenvalue weighted by Crippen LogP contribution is -2.02. The average molecular weight is 257 g/mol. The molecule has 0 saturated heterocycles. The molecule has 0 radical (unpaired) electrons. The Balaban J connectivity index is 2.12. The Labute approximate surface area is 111 Å². The van der Waals surface area contributed by atoms with Gasteiger partial charge in [-0.2, -0.15) is 0 Å². The summed E-state index contributed by atoms with van der Waals surface area (Å²) in [6.45, 7) is 2.28. The maximum Gasteiger partial charge on any atom is 0.335 e. The molecule has 0 heterocycles. The van der Waals surface area contributed by atoms with Gasteiger partial charge in [-0.3, -0.25) is 0 Å². The van der Waals surface area contributed by atoms with Crippen LogP contribution in [0.15, 0.2) is 42.5 Å². The number of carbonyl (C=O) groups is 1. The molecule has 19 heavy (non-hydrogen) atoms. The highest BCUT2D eigenvalue weighted by Gasteiger charge is 2.05. The number of hydrogen-bond donors (Lipinski definition) is 3. The Hall–Kier alpha value is -2.49. The molecule has 98 valence electrons. The first-order valence-corrected chi connectivity index (χ1v) is 5.92. The third-order valence-corrected chi connectivity index (χ3v) is 2.91.